The fourth-order valence-electron chi connectivity index (χ4n) is 3.56. The molecule has 0 bridgehead atoms. The second kappa shape index (κ2) is 10.7. The number of nitrogens with one attached hydrogen (secondary N) is 1. The highest BCUT2D eigenvalue weighted by molar-refractivity contribution is 7.99. The first-order valence-electron chi connectivity index (χ1n) is 10.9. The van der Waals surface area contributed by atoms with Crippen molar-refractivity contribution in [3.63, 3.8) is 0 Å². The van der Waals surface area contributed by atoms with Crippen molar-refractivity contribution in [2.45, 2.75) is 38.2 Å². The summed E-state index contributed by atoms with van der Waals surface area (Å²) in [6.45, 7) is 4.96. The molecule has 0 amide bonds. The summed E-state index contributed by atoms with van der Waals surface area (Å²) in [6, 6.07) is 16.1. The highest BCUT2D eigenvalue weighted by atomic mass is 32.2. The Morgan fingerprint density at radius 1 is 1.00 bits per heavy atom. The first-order chi connectivity index (χ1) is 16.3. The number of hydrogen-bond donors (Lipinski definition) is 1. The number of alkyl halides is 3. The molecule has 34 heavy (non-hydrogen) atoms. The van der Waals surface area contributed by atoms with Crippen molar-refractivity contribution in [1.29, 1.82) is 0 Å². The van der Waals surface area contributed by atoms with E-state index in [0.29, 0.717) is 0 Å². The predicted molar refractivity (Wildman–Crippen MR) is 134 cm³/mol. The molecule has 9 heteroatoms. The SMILES string of the molecule is CCSc1nc(NCCCc2ccc(-c3ccc(OC(F)(F)F)cc3)cc2)c2cc(C)sc2n1. The summed E-state index contributed by atoms with van der Waals surface area (Å²) in [5, 5.41) is 5.35. The van der Waals surface area contributed by atoms with E-state index in [4.69, 9.17) is 4.98 Å². The van der Waals surface area contributed by atoms with Gasteiger partial charge in [0.05, 0.1) is 5.39 Å². The zero-order chi connectivity index (χ0) is 24.1. The number of nitrogens with zero attached hydrogens (tertiary/aromatic N) is 2. The van der Waals surface area contributed by atoms with Gasteiger partial charge >= 0.3 is 6.36 Å². The molecule has 0 unspecified atom stereocenters. The number of aromatic nitrogens is 2. The van der Waals surface area contributed by atoms with Crippen LogP contribution in [0.25, 0.3) is 21.3 Å². The molecule has 0 aliphatic carbocycles. The lowest BCUT2D eigenvalue weighted by Crippen LogP contribution is -2.16. The van der Waals surface area contributed by atoms with Crippen LogP contribution in [0.15, 0.2) is 59.8 Å². The maximum absolute atomic E-state index is 12.3. The summed E-state index contributed by atoms with van der Waals surface area (Å²) in [6.07, 6.45) is -2.84. The van der Waals surface area contributed by atoms with Crippen LogP contribution in [0, 0.1) is 6.92 Å². The van der Waals surface area contributed by atoms with Crippen LogP contribution in [0.3, 0.4) is 0 Å². The minimum absolute atomic E-state index is 0.223. The van der Waals surface area contributed by atoms with Crippen molar-refractivity contribution in [1.82, 2.24) is 9.97 Å². The van der Waals surface area contributed by atoms with Gasteiger partial charge in [-0.3, -0.25) is 0 Å². The van der Waals surface area contributed by atoms with Crippen molar-refractivity contribution in [2.75, 3.05) is 17.6 Å². The van der Waals surface area contributed by atoms with Gasteiger partial charge in [0, 0.05) is 11.4 Å². The highest BCUT2D eigenvalue weighted by Crippen LogP contribution is 2.31. The van der Waals surface area contributed by atoms with E-state index >= 15 is 0 Å². The summed E-state index contributed by atoms with van der Waals surface area (Å²) in [7, 11) is 0. The Labute approximate surface area is 204 Å². The molecule has 4 aromatic rings. The number of halogens is 3. The number of thiophene rings is 1. The predicted octanol–water partition coefficient (Wildman–Crippen LogP) is 7.72. The number of benzene rings is 2. The number of rotatable bonds is 9. The molecule has 0 saturated carbocycles. The summed E-state index contributed by atoms with van der Waals surface area (Å²) in [5.41, 5.74) is 2.98. The molecule has 2 aromatic heterocycles. The molecule has 4 nitrogen and oxygen atoms in total. The molecule has 0 atom stereocenters. The zero-order valence-electron chi connectivity index (χ0n) is 18.8. The van der Waals surface area contributed by atoms with Crippen LogP contribution in [0.1, 0.15) is 23.8 Å². The van der Waals surface area contributed by atoms with Crippen molar-refractivity contribution < 1.29 is 17.9 Å². The van der Waals surface area contributed by atoms with E-state index in [1.165, 1.54) is 22.6 Å². The quantitative estimate of drug-likeness (QED) is 0.144. The third-order valence-corrected chi connectivity index (χ3v) is 6.75. The molecular formula is C25H24F3N3OS2. The van der Waals surface area contributed by atoms with E-state index in [-0.39, 0.29) is 5.75 Å². The molecule has 0 aliphatic heterocycles. The van der Waals surface area contributed by atoms with E-state index < -0.39 is 6.36 Å². The van der Waals surface area contributed by atoms with E-state index in [0.717, 1.165) is 57.5 Å². The van der Waals surface area contributed by atoms with E-state index in [9.17, 15) is 13.2 Å². The lowest BCUT2D eigenvalue weighted by atomic mass is 10.0. The van der Waals surface area contributed by atoms with Crippen LogP contribution in [0.5, 0.6) is 5.75 Å². The van der Waals surface area contributed by atoms with E-state index in [1.807, 2.05) is 12.1 Å². The van der Waals surface area contributed by atoms with Crippen LogP contribution in [0.4, 0.5) is 19.0 Å². The van der Waals surface area contributed by atoms with E-state index in [1.54, 1.807) is 35.2 Å². The Bertz CT molecular complexity index is 1240. The topological polar surface area (TPSA) is 47.0 Å². The molecule has 0 spiro atoms. The van der Waals surface area contributed by atoms with Gasteiger partial charge in [-0.2, -0.15) is 0 Å². The lowest BCUT2D eigenvalue weighted by Gasteiger charge is -2.10. The highest BCUT2D eigenvalue weighted by Gasteiger charge is 2.30. The smallest absolute Gasteiger partial charge is 0.406 e. The number of ether oxygens (including phenoxy) is 1. The summed E-state index contributed by atoms with van der Waals surface area (Å²) in [5.74, 6) is 1.59. The Hall–Kier alpha value is -2.78. The lowest BCUT2D eigenvalue weighted by molar-refractivity contribution is -0.274. The number of fused-ring (bicyclic) bond motifs is 1. The average molecular weight is 504 g/mol. The molecular weight excluding hydrogens is 479 g/mol. The number of thioether (sulfide) groups is 1. The van der Waals surface area contributed by atoms with Crippen molar-refractivity contribution in [3.05, 3.63) is 65.0 Å². The standard InChI is InChI=1S/C25H24F3N3OS2/c1-3-33-24-30-22(21-15-16(2)34-23(21)31-24)29-14-4-5-17-6-8-18(9-7-17)19-10-12-20(13-11-19)32-25(26,27)28/h6-13,15H,3-5,14H2,1-2H3,(H,29,30,31). The maximum atomic E-state index is 12.3. The van der Waals surface area contributed by atoms with Gasteiger partial charge in [0.15, 0.2) is 5.16 Å². The summed E-state index contributed by atoms with van der Waals surface area (Å²) >= 11 is 3.32. The van der Waals surface area contributed by atoms with Gasteiger partial charge in [-0.25, -0.2) is 9.97 Å². The molecule has 4 rings (SSSR count). The van der Waals surface area contributed by atoms with E-state index in [2.05, 4.69) is 47.1 Å². The molecule has 0 fully saturated rings. The molecule has 178 valence electrons. The fraction of sp³-hybridized carbons (Fsp3) is 0.280. The van der Waals surface area contributed by atoms with Crippen LogP contribution in [-0.2, 0) is 6.42 Å². The number of aryl methyl sites for hydroxylation is 2. The number of anilines is 1. The van der Waals surface area contributed by atoms with Crippen LogP contribution < -0.4 is 10.1 Å². The first kappa shape index (κ1) is 24.3. The van der Waals surface area contributed by atoms with Crippen LogP contribution in [-0.4, -0.2) is 28.6 Å². The Balaban J connectivity index is 1.33. The minimum Gasteiger partial charge on any atom is -0.406 e. The molecule has 1 N–H and O–H groups in total. The molecule has 2 heterocycles. The maximum Gasteiger partial charge on any atom is 0.573 e. The molecule has 2 aromatic carbocycles. The third kappa shape index (κ3) is 6.42. The van der Waals surface area contributed by atoms with Gasteiger partial charge in [0.2, 0.25) is 0 Å². The summed E-state index contributed by atoms with van der Waals surface area (Å²) in [4.78, 5) is 11.6. The van der Waals surface area contributed by atoms with Gasteiger partial charge < -0.3 is 10.1 Å². The van der Waals surface area contributed by atoms with Gasteiger partial charge in [0.25, 0.3) is 0 Å². The van der Waals surface area contributed by atoms with Gasteiger partial charge in [-0.1, -0.05) is 55.1 Å². The zero-order valence-corrected chi connectivity index (χ0v) is 20.4. The molecule has 0 aliphatic rings. The fourth-order valence-corrected chi connectivity index (χ4v) is 5.07. The first-order valence-corrected chi connectivity index (χ1v) is 12.7. The minimum atomic E-state index is -4.68. The normalized spacial score (nSPS) is 11.7. The molecule has 0 saturated heterocycles. The van der Waals surface area contributed by atoms with Crippen molar-refractivity contribution in [3.8, 4) is 16.9 Å². The average Bonchev–Trinajstić information content (AvgIpc) is 3.17. The van der Waals surface area contributed by atoms with Crippen LogP contribution >= 0.6 is 23.1 Å². The van der Waals surface area contributed by atoms with Gasteiger partial charge in [-0.15, -0.1) is 24.5 Å². The summed E-state index contributed by atoms with van der Waals surface area (Å²) < 4.78 is 40.9. The van der Waals surface area contributed by atoms with Crippen molar-refractivity contribution >= 4 is 39.1 Å². The van der Waals surface area contributed by atoms with Gasteiger partial charge in [0.1, 0.15) is 16.4 Å². The monoisotopic (exact) mass is 503 g/mol. The van der Waals surface area contributed by atoms with Crippen molar-refractivity contribution in [2.24, 2.45) is 0 Å². The number of hydrogen-bond acceptors (Lipinski definition) is 6. The second-order valence-electron chi connectivity index (χ2n) is 7.66. The van der Waals surface area contributed by atoms with Gasteiger partial charge in [-0.05, 0) is 60.4 Å². The Kier molecular flexibility index (Phi) is 7.63. The second-order valence-corrected chi connectivity index (χ2v) is 10.1. The third-order valence-electron chi connectivity index (χ3n) is 5.08. The van der Waals surface area contributed by atoms with Crippen LogP contribution in [0.2, 0.25) is 0 Å². The Morgan fingerprint density at radius 2 is 1.68 bits per heavy atom. The Morgan fingerprint density at radius 3 is 2.32 bits per heavy atom. The largest absolute Gasteiger partial charge is 0.573 e. The molecule has 0 radical (unpaired) electrons.